The molecule has 1 aromatic rings. The molecule has 1 heterocycles. The molecule has 1 amide bonds. The van der Waals surface area contributed by atoms with Gasteiger partial charge in [-0.15, -0.1) is 0 Å². The Bertz CT molecular complexity index is 692. The van der Waals surface area contributed by atoms with Crippen LogP contribution in [0.2, 0.25) is 0 Å². The molecule has 2 fully saturated rings. The lowest BCUT2D eigenvalue weighted by Crippen LogP contribution is -2.45. The summed E-state index contributed by atoms with van der Waals surface area (Å²) in [6, 6.07) is 9.09. The maximum Gasteiger partial charge on any atom is 0.225 e. The van der Waals surface area contributed by atoms with E-state index in [9.17, 15) is 4.79 Å². The van der Waals surface area contributed by atoms with E-state index >= 15 is 0 Å². The molecule has 1 saturated heterocycles. The predicted molar refractivity (Wildman–Crippen MR) is 123 cm³/mol. The first-order chi connectivity index (χ1) is 14.6. The number of guanidine groups is 1. The molecule has 6 heteroatoms. The number of hydrogen-bond donors (Lipinski definition) is 2. The average molecular weight is 414 g/mol. The number of carbonyl (C=O) groups is 1. The molecular weight excluding hydrogens is 374 g/mol. The number of benzene rings is 1. The number of aliphatic imine (C=N–C) groups is 1. The topological polar surface area (TPSA) is 60.0 Å². The molecular formula is C24H39N5O. The minimum Gasteiger partial charge on any atom is -0.352 e. The van der Waals surface area contributed by atoms with Crippen molar-refractivity contribution in [3.8, 4) is 0 Å². The van der Waals surface area contributed by atoms with Crippen LogP contribution in [-0.4, -0.2) is 60.9 Å². The zero-order chi connectivity index (χ0) is 21.3. The van der Waals surface area contributed by atoms with Crippen LogP contribution < -0.4 is 10.6 Å². The maximum atomic E-state index is 12.6. The van der Waals surface area contributed by atoms with Crippen molar-refractivity contribution in [1.82, 2.24) is 20.4 Å². The van der Waals surface area contributed by atoms with Gasteiger partial charge in [-0.1, -0.05) is 51.0 Å². The second-order valence-corrected chi connectivity index (χ2v) is 8.60. The minimum atomic E-state index is 0.269. The van der Waals surface area contributed by atoms with Gasteiger partial charge in [-0.25, -0.2) is 0 Å². The van der Waals surface area contributed by atoms with Crippen molar-refractivity contribution in [3.05, 3.63) is 35.4 Å². The molecule has 0 radical (unpaired) electrons. The summed E-state index contributed by atoms with van der Waals surface area (Å²) in [5.41, 5.74) is 2.59. The molecule has 0 aromatic heterocycles. The zero-order valence-corrected chi connectivity index (χ0v) is 19.0. The summed E-state index contributed by atoms with van der Waals surface area (Å²) in [5.74, 6) is 1.44. The number of carbonyl (C=O) groups excluding carboxylic acids is 1. The lowest BCUT2D eigenvalue weighted by Gasteiger charge is -2.21. The zero-order valence-electron chi connectivity index (χ0n) is 19.0. The van der Waals surface area contributed by atoms with Crippen LogP contribution in [0.3, 0.4) is 0 Å². The van der Waals surface area contributed by atoms with Gasteiger partial charge >= 0.3 is 0 Å². The summed E-state index contributed by atoms with van der Waals surface area (Å²) >= 11 is 0. The van der Waals surface area contributed by atoms with Gasteiger partial charge in [-0.2, -0.15) is 0 Å². The lowest BCUT2D eigenvalue weighted by molar-refractivity contribution is -0.134. The SMILES string of the molecule is CCN(CC)Cc1ccc(CNC(=NC)NC2CCN(C(=O)C3CCCC3)C2)cc1. The van der Waals surface area contributed by atoms with Crippen molar-refractivity contribution < 1.29 is 4.79 Å². The Kier molecular flexibility index (Phi) is 8.55. The van der Waals surface area contributed by atoms with E-state index in [4.69, 9.17) is 0 Å². The van der Waals surface area contributed by atoms with E-state index in [0.29, 0.717) is 5.91 Å². The van der Waals surface area contributed by atoms with Gasteiger partial charge in [-0.3, -0.25) is 14.7 Å². The molecule has 2 N–H and O–H groups in total. The van der Waals surface area contributed by atoms with E-state index in [-0.39, 0.29) is 12.0 Å². The van der Waals surface area contributed by atoms with Crippen molar-refractivity contribution in [1.29, 1.82) is 0 Å². The predicted octanol–water partition coefficient (Wildman–Crippen LogP) is 2.98. The first-order valence-electron chi connectivity index (χ1n) is 11.7. The highest BCUT2D eigenvalue weighted by Crippen LogP contribution is 2.27. The van der Waals surface area contributed by atoms with Gasteiger partial charge in [0.05, 0.1) is 0 Å². The highest BCUT2D eigenvalue weighted by Gasteiger charge is 2.32. The summed E-state index contributed by atoms with van der Waals surface area (Å²) in [7, 11) is 1.80. The Balaban J connectivity index is 1.43. The fourth-order valence-electron chi connectivity index (χ4n) is 4.55. The van der Waals surface area contributed by atoms with E-state index in [2.05, 4.69) is 63.5 Å². The molecule has 1 aromatic carbocycles. The molecule has 3 rings (SSSR count). The Morgan fingerprint density at radius 1 is 1.10 bits per heavy atom. The summed E-state index contributed by atoms with van der Waals surface area (Å²) < 4.78 is 0. The second-order valence-electron chi connectivity index (χ2n) is 8.60. The van der Waals surface area contributed by atoms with E-state index in [0.717, 1.165) is 64.5 Å². The summed E-state index contributed by atoms with van der Waals surface area (Å²) in [6.45, 7) is 9.95. The number of nitrogens with one attached hydrogen (secondary N) is 2. The van der Waals surface area contributed by atoms with Crippen LogP contribution in [-0.2, 0) is 17.9 Å². The molecule has 0 bridgehead atoms. The maximum absolute atomic E-state index is 12.6. The second kappa shape index (κ2) is 11.3. The molecule has 1 aliphatic carbocycles. The average Bonchev–Trinajstić information content (AvgIpc) is 3.47. The van der Waals surface area contributed by atoms with Crippen molar-refractivity contribution in [2.75, 3.05) is 33.2 Å². The van der Waals surface area contributed by atoms with Crippen LogP contribution in [0.1, 0.15) is 57.1 Å². The highest BCUT2D eigenvalue weighted by atomic mass is 16.2. The Labute approximate surface area is 182 Å². The standard InChI is InChI=1S/C24H39N5O/c1-4-28(5-2)17-20-12-10-19(11-13-20)16-26-24(25-3)27-22-14-15-29(18-22)23(30)21-8-6-7-9-21/h10-13,21-22H,4-9,14-18H2,1-3H3,(H2,25,26,27). The van der Waals surface area contributed by atoms with E-state index in [1.54, 1.807) is 7.05 Å². The van der Waals surface area contributed by atoms with Crippen LogP contribution in [0.25, 0.3) is 0 Å². The van der Waals surface area contributed by atoms with Crippen molar-refractivity contribution in [2.24, 2.45) is 10.9 Å². The first-order valence-corrected chi connectivity index (χ1v) is 11.7. The van der Waals surface area contributed by atoms with E-state index in [1.807, 2.05) is 0 Å². The largest absolute Gasteiger partial charge is 0.352 e. The number of likely N-dealkylation sites (tertiary alicyclic amines) is 1. The number of nitrogens with zero attached hydrogens (tertiary/aromatic N) is 3. The molecule has 1 atom stereocenters. The third-order valence-corrected chi connectivity index (χ3v) is 6.55. The van der Waals surface area contributed by atoms with Gasteiger partial charge < -0.3 is 15.5 Å². The van der Waals surface area contributed by atoms with E-state index in [1.165, 1.54) is 24.0 Å². The van der Waals surface area contributed by atoms with Gasteiger partial charge in [0.15, 0.2) is 5.96 Å². The Hall–Kier alpha value is -2.08. The number of hydrogen-bond acceptors (Lipinski definition) is 3. The third-order valence-electron chi connectivity index (χ3n) is 6.55. The normalized spacial score (nSPS) is 20.2. The van der Waals surface area contributed by atoms with Gasteiger partial charge in [0, 0.05) is 45.2 Å². The molecule has 1 saturated carbocycles. The van der Waals surface area contributed by atoms with Crippen LogP contribution >= 0.6 is 0 Å². The van der Waals surface area contributed by atoms with Crippen LogP contribution in [0.15, 0.2) is 29.3 Å². The Morgan fingerprint density at radius 3 is 2.40 bits per heavy atom. The van der Waals surface area contributed by atoms with Crippen molar-refractivity contribution >= 4 is 11.9 Å². The number of amides is 1. The van der Waals surface area contributed by atoms with Gasteiger partial charge in [0.1, 0.15) is 0 Å². The molecule has 0 spiro atoms. The van der Waals surface area contributed by atoms with Crippen molar-refractivity contribution in [2.45, 2.75) is 65.1 Å². The van der Waals surface area contributed by atoms with Crippen LogP contribution in [0.4, 0.5) is 0 Å². The molecule has 1 unspecified atom stereocenters. The number of rotatable bonds is 8. The molecule has 2 aliphatic rings. The van der Waals surface area contributed by atoms with Crippen LogP contribution in [0.5, 0.6) is 0 Å². The smallest absolute Gasteiger partial charge is 0.225 e. The monoisotopic (exact) mass is 413 g/mol. The summed E-state index contributed by atoms with van der Waals surface area (Å²) in [6.07, 6.45) is 5.55. The van der Waals surface area contributed by atoms with E-state index < -0.39 is 0 Å². The highest BCUT2D eigenvalue weighted by molar-refractivity contribution is 5.81. The Morgan fingerprint density at radius 2 is 1.77 bits per heavy atom. The van der Waals surface area contributed by atoms with Gasteiger partial charge in [0.25, 0.3) is 0 Å². The minimum absolute atomic E-state index is 0.269. The fraction of sp³-hybridized carbons (Fsp3) is 0.667. The van der Waals surface area contributed by atoms with Crippen molar-refractivity contribution in [3.63, 3.8) is 0 Å². The molecule has 30 heavy (non-hydrogen) atoms. The summed E-state index contributed by atoms with van der Waals surface area (Å²) in [4.78, 5) is 21.5. The lowest BCUT2D eigenvalue weighted by atomic mass is 10.1. The quantitative estimate of drug-likeness (QED) is 0.508. The molecule has 6 nitrogen and oxygen atoms in total. The third kappa shape index (κ3) is 6.21. The van der Waals surface area contributed by atoms with Crippen LogP contribution in [0, 0.1) is 5.92 Å². The fourth-order valence-corrected chi connectivity index (χ4v) is 4.55. The molecule has 166 valence electrons. The summed E-state index contributed by atoms with van der Waals surface area (Å²) in [5, 5.41) is 6.92. The van der Waals surface area contributed by atoms with Gasteiger partial charge in [-0.05, 0) is 43.5 Å². The molecule has 1 aliphatic heterocycles. The first kappa shape index (κ1) is 22.6. The van der Waals surface area contributed by atoms with Gasteiger partial charge in [0.2, 0.25) is 5.91 Å².